The molecule has 1 aliphatic rings. The highest BCUT2D eigenvalue weighted by Gasteiger charge is 2.40. The van der Waals surface area contributed by atoms with Crippen LogP contribution in [0.5, 0.6) is 0 Å². The number of hydrogen-bond donors (Lipinski definition) is 0. The highest BCUT2D eigenvalue weighted by molar-refractivity contribution is 7.91. The minimum absolute atomic E-state index is 0.00257. The van der Waals surface area contributed by atoms with Gasteiger partial charge in [-0.15, -0.1) is 0 Å². The van der Waals surface area contributed by atoms with Crippen molar-refractivity contribution < 1.29 is 13.2 Å². The fraction of sp³-hybridized carbons (Fsp3) is 0.364. The Labute approximate surface area is 115 Å². The zero-order chi connectivity index (χ0) is 13.5. The van der Waals surface area contributed by atoms with Gasteiger partial charge < -0.3 is 4.90 Å². The fourth-order valence-electron chi connectivity index (χ4n) is 2.01. The number of sulfone groups is 1. The Balaban J connectivity index is 2.63. The number of carbonyl (C=O) groups is 1. The quantitative estimate of drug-likeness (QED) is 0.800. The molecule has 1 heterocycles. The van der Waals surface area contributed by atoms with E-state index in [1.165, 1.54) is 11.9 Å². The van der Waals surface area contributed by atoms with Gasteiger partial charge in [-0.05, 0) is 12.1 Å². The van der Waals surface area contributed by atoms with E-state index in [1.54, 1.807) is 18.2 Å². The lowest BCUT2D eigenvalue weighted by Gasteiger charge is -2.33. The maximum absolute atomic E-state index is 12.1. The summed E-state index contributed by atoms with van der Waals surface area (Å²) < 4.78 is 24.3. The largest absolute Gasteiger partial charge is 0.325 e. The van der Waals surface area contributed by atoms with Crippen molar-refractivity contribution in [2.75, 3.05) is 12.8 Å². The molecule has 18 heavy (non-hydrogen) atoms. The van der Waals surface area contributed by atoms with Gasteiger partial charge in [0.05, 0.1) is 5.75 Å². The average Bonchev–Trinajstić information content (AvgIpc) is 2.28. The van der Waals surface area contributed by atoms with Crippen molar-refractivity contribution in [2.24, 2.45) is 0 Å². The van der Waals surface area contributed by atoms with Gasteiger partial charge in [-0.25, -0.2) is 8.42 Å². The van der Waals surface area contributed by atoms with Crippen LogP contribution in [0, 0.1) is 0 Å². The molecular weight excluding hydrogens is 297 g/mol. The van der Waals surface area contributed by atoms with Crippen LogP contribution >= 0.6 is 23.2 Å². The molecule has 4 nitrogen and oxygen atoms in total. The monoisotopic (exact) mass is 307 g/mol. The molecule has 1 fully saturated rings. The predicted octanol–water partition coefficient (Wildman–Crippen LogP) is 2.27. The normalized spacial score (nSPS) is 23.2. The number of carbonyl (C=O) groups excluding carboxylic acids is 1. The summed E-state index contributed by atoms with van der Waals surface area (Å²) in [6, 6.07) is 4.75. The van der Waals surface area contributed by atoms with Crippen molar-refractivity contribution in [2.45, 2.75) is 11.8 Å². The van der Waals surface area contributed by atoms with E-state index < -0.39 is 15.2 Å². The molecule has 0 bridgehead atoms. The van der Waals surface area contributed by atoms with Crippen molar-refractivity contribution >= 4 is 38.9 Å². The molecule has 0 aliphatic carbocycles. The van der Waals surface area contributed by atoms with Crippen molar-refractivity contribution in [3.8, 4) is 0 Å². The third-order valence-electron chi connectivity index (χ3n) is 2.93. The molecule has 0 aromatic heterocycles. The van der Waals surface area contributed by atoms with Gasteiger partial charge >= 0.3 is 0 Å². The van der Waals surface area contributed by atoms with Crippen molar-refractivity contribution in [3.05, 3.63) is 33.8 Å². The highest BCUT2D eigenvalue weighted by Crippen LogP contribution is 2.39. The van der Waals surface area contributed by atoms with Crippen molar-refractivity contribution in [1.29, 1.82) is 0 Å². The molecule has 0 N–H and O–H groups in total. The number of nitrogens with zero attached hydrogens (tertiary/aromatic N) is 1. The van der Waals surface area contributed by atoms with Gasteiger partial charge in [-0.2, -0.15) is 0 Å². The predicted molar refractivity (Wildman–Crippen MR) is 70.4 cm³/mol. The van der Waals surface area contributed by atoms with Crippen LogP contribution in [0.15, 0.2) is 18.2 Å². The van der Waals surface area contributed by atoms with E-state index >= 15 is 0 Å². The lowest BCUT2D eigenvalue weighted by atomic mass is 10.2. The number of hydrogen-bond acceptors (Lipinski definition) is 3. The Morgan fingerprint density at radius 3 is 2.39 bits per heavy atom. The SMILES string of the molecule is CN1C(=O)CCS(=O)(=O)C1c1c(Cl)cccc1Cl. The first-order valence-electron chi connectivity index (χ1n) is 5.26. The van der Waals surface area contributed by atoms with Gasteiger partial charge in [0.15, 0.2) is 15.2 Å². The van der Waals surface area contributed by atoms with E-state index in [4.69, 9.17) is 23.2 Å². The van der Waals surface area contributed by atoms with Crippen LogP contribution in [0.1, 0.15) is 17.4 Å². The molecule has 1 aromatic carbocycles. The first-order chi connectivity index (χ1) is 8.34. The average molecular weight is 308 g/mol. The van der Waals surface area contributed by atoms with Crippen LogP contribution in [0.25, 0.3) is 0 Å². The molecule has 2 rings (SSSR count). The van der Waals surface area contributed by atoms with Crippen LogP contribution in [0.4, 0.5) is 0 Å². The molecule has 7 heteroatoms. The number of amides is 1. The second-order valence-electron chi connectivity index (χ2n) is 4.11. The Bertz CT molecular complexity index is 580. The molecule has 1 unspecified atom stereocenters. The maximum atomic E-state index is 12.1. The highest BCUT2D eigenvalue weighted by atomic mass is 35.5. The van der Waals surface area contributed by atoms with Crippen molar-refractivity contribution in [1.82, 2.24) is 4.90 Å². The summed E-state index contributed by atoms with van der Waals surface area (Å²) in [5.74, 6) is -0.409. The zero-order valence-electron chi connectivity index (χ0n) is 9.56. The molecule has 1 aliphatic heterocycles. The fourth-order valence-corrected chi connectivity index (χ4v) is 4.64. The third-order valence-corrected chi connectivity index (χ3v) is 5.60. The van der Waals surface area contributed by atoms with Gasteiger partial charge in [-0.1, -0.05) is 29.3 Å². The van der Waals surface area contributed by atoms with E-state index in [9.17, 15) is 13.2 Å². The Kier molecular flexibility index (Phi) is 3.58. The molecule has 0 spiro atoms. The standard InChI is InChI=1S/C11H11Cl2NO3S/c1-14-9(15)5-6-18(16,17)11(14)10-7(12)3-2-4-8(10)13/h2-4,11H,5-6H2,1H3. The van der Waals surface area contributed by atoms with Crippen LogP contribution in [-0.2, 0) is 14.6 Å². The molecule has 1 aromatic rings. The summed E-state index contributed by atoms with van der Waals surface area (Å²) in [5, 5.41) is -0.602. The molecule has 0 saturated carbocycles. The number of halogens is 2. The molecule has 1 saturated heterocycles. The van der Waals surface area contributed by atoms with E-state index in [-0.39, 0.29) is 33.7 Å². The lowest BCUT2D eigenvalue weighted by Crippen LogP contribution is -2.42. The van der Waals surface area contributed by atoms with Crippen LogP contribution < -0.4 is 0 Å². The summed E-state index contributed by atoms with van der Waals surface area (Å²) in [7, 11) is -2.02. The van der Waals surface area contributed by atoms with Crippen LogP contribution in [0.3, 0.4) is 0 Å². The van der Waals surface area contributed by atoms with Gasteiger partial charge in [0.1, 0.15) is 0 Å². The minimum Gasteiger partial charge on any atom is -0.325 e. The van der Waals surface area contributed by atoms with Crippen molar-refractivity contribution in [3.63, 3.8) is 0 Å². The van der Waals surface area contributed by atoms with Gasteiger partial charge in [0.25, 0.3) is 0 Å². The summed E-state index contributed by atoms with van der Waals surface area (Å²) in [6.45, 7) is 0. The summed E-state index contributed by atoms with van der Waals surface area (Å²) in [6.07, 6.45) is -0.00257. The van der Waals surface area contributed by atoms with E-state index in [0.29, 0.717) is 0 Å². The summed E-state index contributed by atoms with van der Waals surface area (Å²) in [5.41, 5.74) is 0.274. The zero-order valence-corrected chi connectivity index (χ0v) is 11.9. The van der Waals surface area contributed by atoms with E-state index in [1.807, 2.05) is 0 Å². The van der Waals surface area contributed by atoms with Gasteiger partial charge in [0.2, 0.25) is 5.91 Å². The molecular formula is C11H11Cl2NO3S. The third kappa shape index (κ3) is 2.22. The van der Waals surface area contributed by atoms with E-state index in [2.05, 4.69) is 0 Å². The molecule has 1 atom stereocenters. The molecule has 0 radical (unpaired) electrons. The molecule has 1 amide bonds. The Morgan fingerprint density at radius 1 is 1.28 bits per heavy atom. The second kappa shape index (κ2) is 4.72. The van der Waals surface area contributed by atoms with Gasteiger partial charge in [-0.3, -0.25) is 4.79 Å². The van der Waals surface area contributed by atoms with E-state index in [0.717, 1.165) is 0 Å². The molecule has 98 valence electrons. The smallest absolute Gasteiger partial charge is 0.224 e. The second-order valence-corrected chi connectivity index (χ2v) is 7.10. The first kappa shape index (κ1) is 13.6. The maximum Gasteiger partial charge on any atom is 0.224 e. The summed E-state index contributed by atoms with van der Waals surface area (Å²) >= 11 is 12.0. The minimum atomic E-state index is -3.47. The van der Waals surface area contributed by atoms with Crippen LogP contribution in [-0.4, -0.2) is 32.0 Å². The van der Waals surface area contributed by atoms with Crippen LogP contribution in [0.2, 0.25) is 10.0 Å². The van der Waals surface area contributed by atoms with Gasteiger partial charge in [0, 0.05) is 29.1 Å². The lowest BCUT2D eigenvalue weighted by molar-refractivity contribution is -0.130. The summed E-state index contributed by atoms with van der Waals surface area (Å²) in [4.78, 5) is 12.8. The Morgan fingerprint density at radius 2 is 1.83 bits per heavy atom. The first-order valence-corrected chi connectivity index (χ1v) is 7.73. The topological polar surface area (TPSA) is 54.5 Å². The number of benzene rings is 1. The Hall–Kier alpha value is -0.780. The number of rotatable bonds is 1.